The lowest BCUT2D eigenvalue weighted by molar-refractivity contribution is -0.136. The second kappa shape index (κ2) is 8.74. The van der Waals surface area contributed by atoms with Gasteiger partial charge in [-0.25, -0.2) is 9.97 Å². The Morgan fingerprint density at radius 3 is 2.81 bits per heavy atom. The summed E-state index contributed by atoms with van der Waals surface area (Å²) in [5.74, 6) is 1.37. The Kier molecular flexibility index (Phi) is 5.69. The van der Waals surface area contributed by atoms with Crippen LogP contribution in [-0.2, 0) is 31.5 Å². The summed E-state index contributed by atoms with van der Waals surface area (Å²) >= 11 is 0. The zero-order valence-electron chi connectivity index (χ0n) is 16.9. The van der Waals surface area contributed by atoms with E-state index >= 15 is 0 Å². The molecule has 0 aliphatic heterocycles. The third-order valence-corrected chi connectivity index (χ3v) is 4.36. The molecule has 4 rings (SSSR count). The van der Waals surface area contributed by atoms with Gasteiger partial charge in [0.1, 0.15) is 24.7 Å². The fraction of sp³-hybridized carbons (Fsp3) is 0.238. The molecular formula is C21H20N4O6. The van der Waals surface area contributed by atoms with Crippen LogP contribution in [0, 0.1) is 6.92 Å². The van der Waals surface area contributed by atoms with Gasteiger partial charge >= 0.3 is 5.97 Å². The molecule has 4 heterocycles. The highest BCUT2D eigenvalue weighted by Gasteiger charge is 2.15. The van der Waals surface area contributed by atoms with E-state index in [0.717, 1.165) is 5.56 Å². The first-order chi connectivity index (χ1) is 15.0. The summed E-state index contributed by atoms with van der Waals surface area (Å²) in [7, 11) is 1.71. The minimum atomic E-state index is -0.945. The first-order valence-corrected chi connectivity index (χ1v) is 9.43. The number of nitrogens with zero attached hydrogens (tertiary/aromatic N) is 4. The molecule has 10 nitrogen and oxygen atoms in total. The van der Waals surface area contributed by atoms with Crippen LogP contribution in [0.4, 0.5) is 0 Å². The number of aromatic nitrogens is 4. The highest BCUT2D eigenvalue weighted by atomic mass is 16.5. The van der Waals surface area contributed by atoms with Crippen molar-refractivity contribution in [3.63, 3.8) is 0 Å². The largest absolute Gasteiger partial charge is 0.481 e. The van der Waals surface area contributed by atoms with Crippen molar-refractivity contribution in [1.29, 1.82) is 0 Å². The minimum absolute atomic E-state index is 0.155. The molecule has 0 amide bonds. The number of ether oxygens (including phenoxy) is 2. The van der Waals surface area contributed by atoms with Crippen molar-refractivity contribution in [1.82, 2.24) is 19.7 Å². The van der Waals surface area contributed by atoms with Gasteiger partial charge in [0.2, 0.25) is 11.8 Å². The number of pyridine rings is 1. The number of carboxylic acid groups (broad SMARTS) is 1. The number of hydrogen-bond acceptors (Lipinski definition) is 8. The van der Waals surface area contributed by atoms with E-state index < -0.39 is 5.97 Å². The number of carbonyl (C=O) groups is 1. The Hall–Kier alpha value is -4.08. The third kappa shape index (κ3) is 4.92. The average Bonchev–Trinajstić information content (AvgIpc) is 3.46. The van der Waals surface area contributed by atoms with Gasteiger partial charge in [-0.05, 0) is 25.1 Å². The fourth-order valence-electron chi connectivity index (χ4n) is 2.87. The third-order valence-electron chi connectivity index (χ3n) is 4.36. The second-order valence-electron chi connectivity index (χ2n) is 6.78. The molecule has 0 aliphatic carbocycles. The smallest absolute Gasteiger partial charge is 0.308 e. The first-order valence-electron chi connectivity index (χ1n) is 9.43. The number of oxazole rings is 1. The predicted molar refractivity (Wildman–Crippen MR) is 106 cm³/mol. The Bertz CT molecular complexity index is 1160. The molecule has 0 fully saturated rings. The van der Waals surface area contributed by atoms with Crippen LogP contribution in [0.1, 0.15) is 22.6 Å². The number of carboxylic acids is 1. The topological polar surface area (TPSA) is 126 Å². The van der Waals surface area contributed by atoms with Crippen molar-refractivity contribution in [2.75, 3.05) is 0 Å². The van der Waals surface area contributed by atoms with Crippen molar-refractivity contribution in [3.8, 4) is 23.4 Å². The van der Waals surface area contributed by atoms with E-state index in [1.165, 1.54) is 4.68 Å². The van der Waals surface area contributed by atoms with Crippen LogP contribution < -0.4 is 9.47 Å². The molecule has 0 atom stereocenters. The summed E-state index contributed by atoms with van der Waals surface area (Å²) in [5.41, 5.74) is 1.96. The maximum Gasteiger partial charge on any atom is 0.308 e. The van der Waals surface area contributed by atoms with Crippen LogP contribution in [-0.4, -0.2) is 30.8 Å². The zero-order valence-corrected chi connectivity index (χ0v) is 16.9. The molecule has 0 bridgehead atoms. The lowest BCUT2D eigenvalue weighted by Gasteiger charge is -2.07. The number of aryl methyl sites for hydroxylation is 2. The number of hydrogen-bond donors (Lipinski definition) is 1. The van der Waals surface area contributed by atoms with Gasteiger partial charge in [0.25, 0.3) is 5.89 Å². The lowest BCUT2D eigenvalue weighted by Crippen LogP contribution is -2.04. The molecule has 0 aromatic carbocycles. The van der Waals surface area contributed by atoms with Crippen molar-refractivity contribution in [2.45, 2.75) is 26.6 Å². The summed E-state index contributed by atoms with van der Waals surface area (Å²) in [4.78, 5) is 19.6. The van der Waals surface area contributed by atoms with Gasteiger partial charge in [0, 0.05) is 36.6 Å². The normalized spacial score (nSPS) is 10.9. The van der Waals surface area contributed by atoms with Gasteiger partial charge < -0.3 is 23.4 Å². The van der Waals surface area contributed by atoms with Crippen LogP contribution >= 0.6 is 0 Å². The number of furan rings is 1. The van der Waals surface area contributed by atoms with Gasteiger partial charge in [0.05, 0.1) is 12.7 Å². The molecule has 10 heteroatoms. The van der Waals surface area contributed by atoms with Crippen LogP contribution in [0.3, 0.4) is 0 Å². The maximum atomic E-state index is 11.0. The number of rotatable bonds is 9. The molecule has 0 radical (unpaired) electrons. The molecule has 31 heavy (non-hydrogen) atoms. The van der Waals surface area contributed by atoms with E-state index in [2.05, 4.69) is 15.1 Å². The van der Waals surface area contributed by atoms with Crippen molar-refractivity contribution in [3.05, 3.63) is 65.5 Å². The van der Waals surface area contributed by atoms with Crippen LogP contribution in [0.2, 0.25) is 0 Å². The predicted octanol–water partition coefficient (Wildman–Crippen LogP) is 3.16. The molecule has 0 spiro atoms. The Morgan fingerprint density at radius 2 is 2.10 bits per heavy atom. The standard InChI is InChI=1S/C21H20N4O6/c1-13-16(23-21(31-13)17-4-3-7-28-17)12-29-18-6-5-14(9-22-18)11-30-20-15(8-19(26)27)10-25(2)24-20/h3-7,9-10H,8,11-12H2,1-2H3,(H,26,27). The van der Waals surface area contributed by atoms with Crippen LogP contribution in [0.5, 0.6) is 11.8 Å². The Labute approximate surface area is 177 Å². The van der Waals surface area contributed by atoms with Gasteiger partial charge in [-0.1, -0.05) is 0 Å². The lowest BCUT2D eigenvalue weighted by atomic mass is 10.2. The summed E-state index contributed by atoms with van der Waals surface area (Å²) in [5, 5.41) is 13.1. The molecule has 0 aliphatic rings. The highest BCUT2D eigenvalue weighted by molar-refractivity contribution is 5.70. The summed E-state index contributed by atoms with van der Waals surface area (Å²) < 4.78 is 23.8. The Balaban J connectivity index is 1.34. The molecule has 160 valence electrons. The first kappa shape index (κ1) is 20.2. The molecule has 1 N–H and O–H groups in total. The van der Waals surface area contributed by atoms with Crippen molar-refractivity contribution >= 4 is 5.97 Å². The quantitative estimate of drug-likeness (QED) is 0.431. The van der Waals surface area contributed by atoms with Gasteiger partial charge in [0.15, 0.2) is 5.76 Å². The second-order valence-corrected chi connectivity index (χ2v) is 6.78. The van der Waals surface area contributed by atoms with Crippen LogP contribution in [0.15, 0.2) is 51.8 Å². The zero-order chi connectivity index (χ0) is 21.8. The van der Waals surface area contributed by atoms with E-state index in [1.54, 1.807) is 43.9 Å². The summed E-state index contributed by atoms with van der Waals surface area (Å²) in [6.07, 6.45) is 4.65. The van der Waals surface area contributed by atoms with E-state index in [4.69, 9.17) is 23.4 Å². The molecule has 4 aromatic rings. The SMILES string of the molecule is Cc1oc(-c2ccco2)nc1COc1ccc(COc2nn(C)cc2CC(=O)O)cn1. The highest BCUT2D eigenvalue weighted by Crippen LogP contribution is 2.23. The van der Waals surface area contributed by atoms with E-state index in [1.807, 2.05) is 13.0 Å². The average molecular weight is 424 g/mol. The van der Waals surface area contributed by atoms with Gasteiger partial charge in [-0.3, -0.25) is 9.48 Å². The monoisotopic (exact) mass is 424 g/mol. The van der Waals surface area contributed by atoms with E-state index in [-0.39, 0.29) is 19.6 Å². The number of aliphatic carboxylic acids is 1. The molecule has 0 unspecified atom stereocenters. The molecule has 4 aromatic heterocycles. The van der Waals surface area contributed by atoms with E-state index in [9.17, 15) is 4.79 Å². The summed E-state index contributed by atoms with van der Waals surface area (Å²) in [6, 6.07) is 7.07. The van der Waals surface area contributed by atoms with Crippen LogP contribution in [0.25, 0.3) is 11.7 Å². The van der Waals surface area contributed by atoms with E-state index in [0.29, 0.717) is 40.4 Å². The van der Waals surface area contributed by atoms with Gasteiger partial charge in [-0.2, -0.15) is 0 Å². The van der Waals surface area contributed by atoms with Gasteiger partial charge in [-0.15, -0.1) is 5.10 Å². The molecular weight excluding hydrogens is 404 g/mol. The fourth-order valence-corrected chi connectivity index (χ4v) is 2.87. The molecule has 0 saturated heterocycles. The Morgan fingerprint density at radius 1 is 1.23 bits per heavy atom. The van der Waals surface area contributed by atoms with Crippen molar-refractivity contribution in [2.24, 2.45) is 7.05 Å². The van der Waals surface area contributed by atoms with Crippen molar-refractivity contribution < 1.29 is 28.2 Å². The summed E-state index contributed by atoms with van der Waals surface area (Å²) in [6.45, 7) is 2.21. The minimum Gasteiger partial charge on any atom is -0.481 e. The molecule has 0 saturated carbocycles. The maximum absolute atomic E-state index is 11.0.